The van der Waals surface area contributed by atoms with E-state index >= 15 is 0 Å². The van der Waals surface area contributed by atoms with Crippen molar-refractivity contribution in [3.8, 4) is 11.1 Å². The predicted molar refractivity (Wildman–Crippen MR) is 128 cm³/mol. The van der Waals surface area contributed by atoms with Gasteiger partial charge in [0.2, 0.25) is 5.91 Å². The van der Waals surface area contributed by atoms with E-state index in [0.29, 0.717) is 19.5 Å². The van der Waals surface area contributed by atoms with E-state index in [1.165, 1.54) is 11.1 Å². The number of pyridine rings is 2. The van der Waals surface area contributed by atoms with Crippen LogP contribution < -0.4 is 5.32 Å². The number of likely N-dealkylation sites (tertiary alicyclic amines) is 1. The number of aromatic nitrogens is 2. The standard InChI is InChI=1S/C27H30N4O/c1-2-13-30-26(32)27(12-7-16-31(21-27)20-22-8-5-14-28-18-22)17-23-9-3-4-11-25(23)24-10-6-15-29-19-24/h2-6,8-11,14-15,18-19H,1,7,12-13,16-17,20-21H2,(H,30,32). The van der Waals surface area contributed by atoms with Crippen molar-refractivity contribution in [2.45, 2.75) is 25.8 Å². The van der Waals surface area contributed by atoms with Gasteiger partial charge in [-0.15, -0.1) is 6.58 Å². The van der Waals surface area contributed by atoms with Gasteiger partial charge in [0, 0.05) is 50.0 Å². The maximum atomic E-state index is 13.5. The maximum absolute atomic E-state index is 13.5. The first-order chi connectivity index (χ1) is 15.7. The Morgan fingerprint density at radius 1 is 1.09 bits per heavy atom. The van der Waals surface area contributed by atoms with Gasteiger partial charge in [0.15, 0.2) is 0 Å². The molecule has 0 radical (unpaired) electrons. The van der Waals surface area contributed by atoms with Crippen LogP contribution in [-0.2, 0) is 17.8 Å². The zero-order valence-electron chi connectivity index (χ0n) is 18.4. The second-order valence-corrected chi connectivity index (χ2v) is 8.53. The quantitative estimate of drug-likeness (QED) is 0.547. The molecule has 0 bridgehead atoms. The number of piperidine rings is 1. The fourth-order valence-electron chi connectivity index (χ4n) is 4.72. The molecule has 1 unspecified atom stereocenters. The van der Waals surface area contributed by atoms with Crippen molar-refractivity contribution in [3.63, 3.8) is 0 Å². The number of carbonyl (C=O) groups excluding carboxylic acids is 1. The van der Waals surface area contributed by atoms with Gasteiger partial charge in [0.05, 0.1) is 5.41 Å². The molecule has 3 heterocycles. The van der Waals surface area contributed by atoms with Crippen LogP contribution in [0.25, 0.3) is 11.1 Å². The molecule has 1 N–H and O–H groups in total. The Labute approximate surface area is 190 Å². The number of amides is 1. The molecular formula is C27H30N4O. The lowest BCUT2D eigenvalue weighted by Crippen LogP contribution is -2.53. The van der Waals surface area contributed by atoms with Crippen molar-refractivity contribution in [2.24, 2.45) is 5.41 Å². The number of hydrogen-bond acceptors (Lipinski definition) is 4. The molecule has 164 valence electrons. The molecule has 1 aliphatic heterocycles. The van der Waals surface area contributed by atoms with Crippen molar-refractivity contribution in [2.75, 3.05) is 19.6 Å². The lowest BCUT2D eigenvalue weighted by Gasteiger charge is -2.42. The first-order valence-corrected chi connectivity index (χ1v) is 11.2. The number of hydrogen-bond donors (Lipinski definition) is 1. The second-order valence-electron chi connectivity index (χ2n) is 8.53. The molecule has 0 saturated carbocycles. The Kier molecular flexibility index (Phi) is 7.07. The molecule has 1 saturated heterocycles. The number of rotatable bonds is 8. The van der Waals surface area contributed by atoms with Gasteiger partial charge in [-0.05, 0) is 54.6 Å². The highest BCUT2D eigenvalue weighted by Crippen LogP contribution is 2.37. The third kappa shape index (κ3) is 5.11. The van der Waals surface area contributed by atoms with E-state index in [0.717, 1.165) is 37.1 Å². The summed E-state index contributed by atoms with van der Waals surface area (Å²) in [5.41, 5.74) is 4.07. The van der Waals surface area contributed by atoms with Crippen molar-refractivity contribution < 1.29 is 4.79 Å². The Bertz CT molecular complexity index is 1040. The van der Waals surface area contributed by atoms with E-state index in [4.69, 9.17) is 0 Å². The van der Waals surface area contributed by atoms with Crippen molar-refractivity contribution in [1.82, 2.24) is 20.2 Å². The molecule has 1 fully saturated rings. The molecule has 1 aromatic carbocycles. The molecule has 1 aliphatic rings. The molecule has 0 spiro atoms. The molecule has 5 nitrogen and oxygen atoms in total. The van der Waals surface area contributed by atoms with Crippen LogP contribution in [0.4, 0.5) is 0 Å². The van der Waals surface area contributed by atoms with E-state index in [9.17, 15) is 4.79 Å². The summed E-state index contributed by atoms with van der Waals surface area (Å²) in [5.74, 6) is 0.106. The summed E-state index contributed by atoms with van der Waals surface area (Å²) in [4.78, 5) is 24.5. The van der Waals surface area contributed by atoms with Crippen LogP contribution in [0.1, 0.15) is 24.0 Å². The first-order valence-electron chi connectivity index (χ1n) is 11.2. The van der Waals surface area contributed by atoms with Crippen molar-refractivity contribution in [3.05, 3.63) is 97.1 Å². The van der Waals surface area contributed by atoms with E-state index in [1.54, 1.807) is 18.5 Å². The molecule has 1 atom stereocenters. The van der Waals surface area contributed by atoms with Crippen LogP contribution in [0, 0.1) is 5.41 Å². The van der Waals surface area contributed by atoms with Gasteiger partial charge in [-0.1, -0.05) is 42.5 Å². The molecule has 32 heavy (non-hydrogen) atoms. The summed E-state index contributed by atoms with van der Waals surface area (Å²) < 4.78 is 0. The smallest absolute Gasteiger partial charge is 0.228 e. The second kappa shape index (κ2) is 10.3. The van der Waals surface area contributed by atoms with Crippen LogP contribution in [0.3, 0.4) is 0 Å². The lowest BCUT2D eigenvalue weighted by molar-refractivity contribution is -0.134. The van der Waals surface area contributed by atoms with Crippen LogP contribution in [0.2, 0.25) is 0 Å². The topological polar surface area (TPSA) is 58.1 Å². The van der Waals surface area contributed by atoms with Gasteiger partial charge in [-0.25, -0.2) is 0 Å². The summed E-state index contributed by atoms with van der Waals surface area (Å²) in [6.45, 7) is 6.75. The number of benzene rings is 1. The average molecular weight is 427 g/mol. The third-order valence-corrected chi connectivity index (χ3v) is 6.19. The minimum atomic E-state index is -0.498. The van der Waals surface area contributed by atoms with E-state index in [2.05, 4.69) is 57.1 Å². The monoisotopic (exact) mass is 426 g/mol. The molecule has 5 heteroatoms. The molecule has 1 amide bonds. The van der Waals surface area contributed by atoms with Crippen molar-refractivity contribution in [1.29, 1.82) is 0 Å². The Morgan fingerprint density at radius 2 is 1.91 bits per heavy atom. The summed E-state index contributed by atoms with van der Waals surface area (Å²) >= 11 is 0. The van der Waals surface area contributed by atoms with E-state index in [1.807, 2.05) is 30.6 Å². The highest BCUT2D eigenvalue weighted by atomic mass is 16.2. The molecular weight excluding hydrogens is 396 g/mol. The number of nitrogens with one attached hydrogen (secondary N) is 1. The van der Waals surface area contributed by atoms with Crippen molar-refractivity contribution >= 4 is 5.91 Å². The number of carbonyl (C=O) groups is 1. The largest absolute Gasteiger partial charge is 0.352 e. The fourth-order valence-corrected chi connectivity index (χ4v) is 4.72. The Hall–Kier alpha value is -3.31. The first kappa shape index (κ1) is 21.9. The summed E-state index contributed by atoms with van der Waals surface area (Å²) in [6, 6.07) is 16.5. The fraction of sp³-hybridized carbons (Fsp3) is 0.296. The zero-order valence-corrected chi connectivity index (χ0v) is 18.4. The van der Waals surface area contributed by atoms with Crippen LogP contribution in [0.15, 0.2) is 86.0 Å². The summed E-state index contributed by atoms with van der Waals surface area (Å²) in [5, 5.41) is 3.10. The normalized spacial score (nSPS) is 18.8. The third-order valence-electron chi connectivity index (χ3n) is 6.19. The maximum Gasteiger partial charge on any atom is 0.228 e. The summed E-state index contributed by atoms with van der Waals surface area (Å²) in [6.07, 6.45) is 11.6. The Morgan fingerprint density at radius 3 is 2.66 bits per heavy atom. The van der Waals surface area contributed by atoms with Gasteiger partial charge in [0.25, 0.3) is 0 Å². The number of nitrogens with zero attached hydrogens (tertiary/aromatic N) is 3. The van der Waals surface area contributed by atoms with E-state index in [-0.39, 0.29) is 5.91 Å². The predicted octanol–water partition coefficient (Wildman–Crippen LogP) is 4.27. The van der Waals surface area contributed by atoms with Gasteiger partial charge >= 0.3 is 0 Å². The average Bonchev–Trinajstić information content (AvgIpc) is 2.84. The van der Waals surface area contributed by atoms with E-state index < -0.39 is 5.41 Å². The minimum Gasteiger partial charge on any atom is -0.352 e. The van der Waals surface area contributed by atoms with Gasteiger partial charge < -0.3 is 5.32 Å². The SMILES string of the molecule is C=CCNC(=O)C1(Cc2ccccc2-c2cccnc2)CCCN(Cc2cccnc2)C1. The highest BCUT2D eigenvalue weighted by molar-refractivity contribution is 5.84. The van der Waals surface area contributed by atoms with Crippen LogP contribution in [-0.4, -0.2) is 40.4 Å². The summed E-state index contributed by atoms with van der Waals surface area (Å²) in [7, 11) is 0. The van der Waals surface area contributed by atoms with Crippen LogP contribution >= 0.6 is 0 Å². The highest BCUT2D eigenvalue weighted by Gasteiger charge is 2.42. The van der Waals surface area contributed by atoms with Gasteiger partial charge in [-0.3, -0.25) is 19.7 Å². The zero-order chi connectivity index (χ0) is 22.2. The molecule has 3 aromatic rings. The van der Waals surface area contributed by atoms with Gasteiger partial charge in [0.1, 0.15) is 0 Å². The van der Waals surface area contributed by atoms with Gasteiger partial charge in [-0.2, -0.15) is 0 Å². The molecule has 2 aromatic heterocycles. The minimum absolute atomic E-state index is 0.106. The lowest BCUT2D eigenvalue weighted by atomic mass is 9.73. The Balaban J connectivity index is 1.64. The van der Waals surface area contributed by atoms with Crippen LogP contribution in [0.5, 0.6) is 0 Å². The molecule has 0 aliphatic carbocycles. The molecule has 4 rings (SSSR count).